The fourth-order valence-electron chi connectivity index (χ4n) is 3.39. The molecule has 5 heteroatoms. The monoisotopic (exact) mass is 422 g/mol. The van der Waals surface area contributed by atoms with Crippen molar-refractivity contribution in [1.82, 2.24) is 4.31 Å². The maximum Gasteiger partial charge on any atom is 0.338 e. The van der Waals surface area contributed by atoms with Crippen molar-refractivity contribution in [3.63, 3.8) is 0 Å². The lowest BCUT2D eigenvalue weighted by Gasteiger charge is -2.16. The van der Waals surface area contributed by atoms with E-state index in [1.54, 1.807) is 0 Å². The first-order valence-electron chi connectivity index (χ1n) is 10.9. The second-order valence-corrected chi connectivity index (χ2v) is 9.27. The van der Waals surface area contributed by atoms with Gasteiger partial charge in [0.25, 0.3) is 0 Å². The van der Waals surface area contributed by atoms with E-state index in [1.165, 1.54) is 51.4 Å². The van der Waals surface area contributed by atoms with Crippen molar-refractivity contribution < 1.29 is 9.53 Å². The number of hydrogen-bond acceptors (Lipinski definition) is 5. The molecule has 157 valence electrons. The Morgan fingerprint density at radius 1 is 1.14 bits per heavy atom. The molecule has 0 aromatic heterocycles. The molecular weight excluding hydrogens is 386 g/mol. The molecular formula is C23H36NO2S2. The van der Waals surface area contributed by atoms with Crippen LogP contribution in [0.3, 0.4) is 0 Å². The van der Waals surface area contributed by atoms with Gasteiger partial charge >= 0.3 is 5.97 Å². The number of rotatable bonds is 14. The van der Waals surface area contributed by atoms with Crippen molar-refractivity contribution in [2.45, 2.75) is 76.5 Å². The van der Waals surface area contributed by atoms with E-state index in [1.807, 2.05) is 40.3 Å². The summed E-state index contributed by atoms with van der Waals surface area (Å²) in [5, 5.41) is 0.265. The Hall–Kier alpha value is -0.650. The van der Waals surface area contributed by atoms with Gasteiger partial charge in [0, 0.05) is 18.7 Å². The first kappa shape index (κ1) is 23.6. The van der Waals surface area contributed by atoms with Crippen LogP contribution in [0.2, 0.25) is 0 Å². The fourth-order valence-corrected chi connectivity index (χ4v) is 4.96. The van der Waals surface area contributed by atoms with Gasteiger partial charge in [0.05, 0.1) is 17.5 Å². The molecule has 0 saturated carbocycles. The molecule has 1 atom stereocenters. The van der Waals surface area contributed by atoms with Gasteiger partial charge in [-0.3, -0.25) is 0 Å². The van der Waals surface area contributed by atoms with E-state index in [9.17, 15) is 4.79 Å². The summed E-state index contributed by atoms with van der Waals surface area (Å²) in [6.07, 6.45) is 15.0. The normalized spacial score (nSPS) is 17.1. The molecule has 1 aliphatic heterocycles. The SMILES string of the molecule is CCCCCCCCCCCCOC(=O)c1cccc([CH]C2SCCN2S)c1. The highest BCUT2D eigenvalue weighted by Crippen LogP contribution is 2.29. The van der Waals surface area contributed by atoms with Gasteiger partial charge in [-0.2, -0.15) is 0 Å². The quantitative estimate of drug-likeness (QED) is 0.209. The Balaban J connectivity index is 1.56. The molecule has 1 heterocycles. The summed E-state index contributed by atoms with van der Waals surface area (Å²) in [4.78, 5) is 12.3. The smallest absolute Gasteiger partial charge is 0.338 e. The van der Waals surface area contributed by atoms with Gasteiger partial charge in [-0.15, -0.1) is 11.8 Å². The average Bonchev–Trinajstić information content (AvgIpc) is 3.10. The lowest BCUT2D eigenvalue weighted by molar-refractivity contribution is 0.0497. The lowest BCUT2D eigenvalue weighted by Crippen LogP contribution is -2.19. The van der Waals surface area contributed by atoms with Crippen LogP contribution in [0.25, 0.3) is 0 Å². The largest absolute Gasteiger partial charge is 0.462 e. The fraction of sp³-hybridized carbons (Fsp3) is 0.652. The molecule has 1 fully saturated rings. The summed E-state index contributed by atoms with van der Waals surface area (Å²) in [6.45, 7) is 3.76. The zero-order valence-electron chi connectivity index (χ0n) is 17.3. The van der Waals surface area contributed by atoms with Gasteiger partial charge < -0.3 is 4.74 Å². The van der Waals surface area contributed by atoms with E-state index in [-0.39, 0.29) is 11.3 Å². The number of benzene rings is 1. The molecule has 28 heavy (non-hydrogen) atoms. The number of esters is 1. The van der Waals surface area contributed by atoms with Crippen LogP contribution < -0.4 is 0 Å². The molecule has 1 unspecified atom stereocenters. The minimum atomic E-state index is -0.215. The van der Waals surface area contributed by atoms with Crippen molar-refractivity contribution in [1.29, 1.82) is 0 Å². The van der Waals surface area contributed by atoms with Crippen molar-refractivity contribution in [2.24, 2.45) is 0 Å². The molecule has 1 aromatic carbocycles. The number of thiol groups is 1. The summed E-state index contributed by atoms with van der Waals surface area (Å²) in [6, 6.07) is 7.70. The molecule has 3 nitrogen and oxygen atoms in total. The van der Waals surface area contributed by atoms with E-state index >= 15 is 0 Å². The van der Waals surface area contributed by atoms with Crippen molar-refractivity contribution in [3.8, 4) is 0 Å². The predicted octanol–water partition coefficient (Wildman–Crippen LogP) is 6.54. The molecule has 0 bridgehead atoms. The van der Waals surface area contributed by atoms with Crippen LogP contribution >= 0.6 is 24.6 Å². The van der Waals surface area contributed by atoms with Crippen LogP contribution in [0.5, 0.6) is 0 Å². The van der Waals surface area contributed by atoms with Crippen LogP contribution in [0, 0.1) is 6.42 Å². The molecule has 0 spiro atoms. The molecule has 1 radical (unpaired) electrons. The number of unbranched alkanes of at least 4 members (excludes halogenated alkanes) is 9. The highest BCUT2D eigenvalue weighted by Gasteiger charge is 2.23. The minimum absolute atomic E-state index is 0.215. The van der Waals surface area contributed by atoms with Crippen LogP contribution in [-0.4, -0.2) is 34.6 Å². The summed E-state index contributed by atoms with van der Waals surface area (Å²) in [7, 11) is 0. The number of carbonyl (C=O) groups is 1. The van der Waals surface area contributed by atoms with Crippen molar-refractivity contribution >= 4 is 30.5 Å². The Labute approximate surface area is 181 Å². The third-order valence-electron chi connectivity index (χ3n) is 5.09. The predicted molar refractivity (Wildman–Crippen MR) is 124 cm³/mol. The minimum Gasteiger partial charge on any atom is -0.462 e. The van der Waals surface area contributed by atoms with Crippen LogP contribution in [0.4, 0.5) is 0 Å². The zero-order chi connectivity index (χ0) is 20.0. The summed E-state index contributed by atoms with van der Waals surface area (Å²) < 4.78 is 7.49. The third kappa shape index (κ3) is 9.23. The Morgan fingerprint density at radius 3 is 2.46 bits per heavy atom. The number of hydrogen-bond donors (Lipinski definition) is 1. The lowest BCUT2D eigenvalue weighted by atomic mass is 10.1. The van der Waals surface area contributed by atoms with E-state index in [4.69, 9.17) is 4.74 Å². The summed E-state index contributed by atoms with van der Waals surface area (Å²) in [5.41, 5.74) is 1.68. The highest BCUT2D eigenvalue weighted by atomic mass is 32.2. The Morgan fingerprint density at radius 2 is 1.82 bits per heavy atom. The number of thioether (sulfide) groups is 1. The standard InChI is InChI=1S/C23H36NO2S2/c1-2-3-4-5-6-7-8-9-10-11-16-26-23(25)21-14-12-13-20(18-21)19-22-24(27)15-17-28-22/h12-14,18-19,22,27H,2-11,15-17H2,1H3. The first-order valence-corrected chi connectivity index (χ1v) is 12.3. The van der Waals surface area contributed by atoms with E-state index in [0.29, 0.717) is 12.2 Å². The second kappa shape index (κ2) is 14.4. The first-order chi connectivity index (χ1) is 13.7. The molecule has 1 aromatic rings. The van der Waals surface area contributed by atoms with Crippen molar-refractivity contribution in [2.75, 3.05) is 18.9 Å². The second-order valence-electron chi connectivity index (χ2n) is 7.53. The molecule has 2 rings (SSSR count). The van der Waals surface area contributed by atoms with Gasteiger partial charge in [0.15, 0.2) is 0 Å². The Bertz CT molecular complexity index is 567. The maximum absolute atomic E-state index is 12.3. The van der Waals surface area contributed by atoms with E-state index in [2.05, 4.69) is 26.2 Å². The van der Waals surface area contributed by atoms with Crippen LogP contribution in [0.1, 0.15) is 87.1 Å². The van der Waals surface area contributed by atoms with Gasteiger partial charge in [0.2, 0.25) is 0 Å². The van der Waals surface area contributed by atoms with E-state index in [0.717, 1.165) is 30.7 Å². The van der Waals surface area contributed by atoms with Crippen LogP contribution in [0.15, 0.2) is 24.3 Å². The molecule has 0 N–H and O–H groups in total. The van der Waals surface area contributed by atoms with E-state index < -0.39 is 0 Å². The van der Waals surface area contributed by atoms with Gasteiger partial charge in [-0.1, -0.05) is 89.7 Å². The topological polar surface area (TPSA) is 29.5 Å². The third-order valence-corrected chi connectivity index (χ3v) is 6.85. The zero-order valence-corrected chi connectivity index (χ0v) is 19.0. The number of nitrogens with zero attached hydrogens (tertiary/aromatic N) is 1. The average molecular weight is 423 g/mol. The number of ether oxygens (including phenoxy) is 1. The maximum atomic E-state index is 12.3. The summed E-state index contributed by atoms with van der Waals surface area (Å²) >= 11 is 6.35. The van der Waals surface area contributed by atoms with Gasteiger partial charge in [-0.25, -0.2) is 9.10 Å². The number of carbonyl (C=O) groups excluding carboxylic acids is 1. The van der Waals surface area contributed by atoms with Crippen LogP contribution in [-0.2, 0) is 4.74 Å². The molecule has 0 aliphatic carbocycles. The molecule has 1 aliphatic rings. The van der Waals surface area contributed by atoms with Gasteiger partial charge in [-0.05, 0) is 24.1 Å². The molecule has 0 amide bonds. The molecule has 1 saturated heterocycles. The van der Waals surface area contributed by atoms with Crippen molar-refractivity contribution in [3.05, 3.63) is 41.8 Å². The highest BCUT2D eigenvalue weighted by molar-refractivity contribution is 8.00. The van der Waals surface area contributed by atoms with Gasteiger partial charge in [0.1, 0.15) is 0 Å². The Kier molecular flexibility index (Phi) is 12.1. The summed E-state index contributed by atoms with van der Waals surface area (Å²) in [5.74, 6) is 0.874.